The van der Waals surface area contributed by atoms with Gasteiger partial charge in [-0.1, -0.05) is 0 Å². The molecular formula is C15H17BrFN3O. The first kappa shape index (κ1) is 15.9. The van der Waals surface area contributed by atoms with Gasteiger partial charge in [-0.25, -0.2) is 4.39 Å². The van der Waals surface area contributed by atoms with Gasteiger partial charge in [-0.2, -0.15) is 5.10 Å². The van der Waals surface area contributed by atoms with Crippen LogP contribution >= 0.6 is 15.9 Å². The lowest BCUT2D eigenvalue weighted by Gasteiger charge is -2.12. The highest BCUT2D eigenvalue weighted by Gasteiger charge is 2.19. The molecule has 0 atom stereocenters. The van der Waals surface area contributed by atoms with Gasteiger partial charge in [-0.3, -0.25) is 9.48 Å². The Kier molecular flexibility index (Phi) is 4.90. The molecule has 0 saturated heterocycles. The van der Waals surface area contributed by atoms with Gasteiger partial charge in [-0.15, -0.1) is 0 Å². The number of likely N-dealkylation sites (N-methyl/N-ethyl adjacent to an activating group) is 1. The molecule has 6 heteroatoms. The summed E-state index contributed by atoms with van der Waals surface area (Å²) in [5.41, 5.74) is 1.40. The largest absolute Gasteiger partial charge is 0.308 e. The van der Waals surface area contributed by atoms with Crippen molar-refractivity contribution >= 4 is 21.7 Å². The van der Waals surface area contributed by atoms with Crippen LogP contribution in [-0.4, -0.2) is 41.1 Å². The van der Waals surface area contributed by atoms with Crippen LogP contribution in [0.2, 0.25) is 0 Å². The van der Waals surface area contributed by atoms with Crippen LogP contribution in [0.1, 0.15) is 21.6 Å². The Bertz CT molecular complexity index is 667. The predicted octanol–water partition coefficient (Wildman–Crippen LogP) is 2.89. The average Bonchev–Trinajstić information content (AvgIpc) is 2.80. The summed E-state index contributed by atoms with van der Waals surface area (Å²) in [5, 5.41) is 4.22. The third kappa shape index (κ3) is 3.57. The molecule has 0 fully saturated rings. The van der Waals surface area contributed by atoms with Crippen molar-refractivity contribution in [1.82, 2.24) is 14.7 Å². The van der Waals surface area contributed by atoms with Crippen LogP contribution in [0.4, 0.5) is 4.39 Å². The molecule has 0 N–H and O–H groups in total. The average molecular weight is 354 g/mol. The number of aryl methyl sites for hydroxylation is 1. The number of carbonyl (C=O) groups is 1. The Morgan fingerprint density at radius 3 is 2.76 bits per heavy atom. The number of benzene rings is 1. The third-order valence-electron chi connectivity index (χ3n) is 3.19. The van der Waals surface area contributed by atoms with Gasteiger partial charge in [0, 0.05) is 12.1 Å². The van der Waals surface area contributed by atoms with E-state index in [9.17, 15) is 9.18 Å². The number of aromatic nitrogens is 2. The van der Waals surface area contributed by atoms with Crippen LogP contribution in [0.3, 0.4) is 0 Å². The lowest BCUT2D eigenvalue weighted by Crippen LogP contribution is -2.21. The Hall–Kier alpha value is -1.53. The smallest absolute Gasteiger partial charge is 0.212 e. The Balaban J connectivity index is 2.34. The number of carbonyl (C=O) groups excluding carboxylic acids is 1. The maximum atomic E-state index is 13.3. The van der Waals surface area contributed by atoms with Gasteiger partial charge in [0.25, 0.3) is 0 Å². The molecule has 0 amide bonds. The summed E-state index contributed by atoms with van der Waals surface area (Å²) in [7, 11) is 3.92. The summed E-state index contributed by atoms with van der Waals surface area (Å²) in [5.74, 6) is -0.479. The van der Waals surface area contributed by atoms with E-state index >= 15 is 0 Å². The highest BCUT2D eigenvalue weighted by molar-refractivity contribution is 9.10. The quantitative estimate of drug-likeness (QED) is 0.775. The van der Waals surface area contributed by atoms with Gasteiger partial charge < -0.3 is 4.90 Å². The van der Waals surface area contributed by atoms with Gasteiger partial charge in [0.15, 0.2) is 0 Å². The summed E-state index contributed by atoms with van der Waals surface area (Å²) >= 11 is 3.36. The van der Waals surface area contributed by atoms with Crippen molar-refractivity contribution in [2.45, 2.75) is 13.5 Å². The first-order chi connectivity index (χ1) is 9.90. The molecule has 112 valence electrons. The zero-order valence-corrected chi connectivity index (χ0v) is 13.8. The molecule has 4 nitrogen and oxygen atoms in total. The van der Waals surface area contributed by atoms with Crippen LogP contribution in [-0.2, 0) is 6.54 Å². The minimum Gasteiger partial charge on any atom is -0.308 e. The van der Waals surface area contributed by atoms with E-state index in [2.05, 4.69) is 21.0 Å². The van der Waals surface area contributed by atoms with Crippen molar-refractivity contribution in [3.8, 4) is 0 Å². The first-order valence-corrected chi connectivity index (χ1v) is 7.36. The molecular weight excluding hydrogens is 337 g/mol. The standard InChI is InChI=1S/C15H17BrFN3O/c1-10-8-11(4-5-13(10)17)15(21)14-12(16)9-18-20(14)7-6-19(2)3/h4-5,8-9H,6-7H2,1-3H3. The lowest BCUT2D eigenvalue weighted by molar-refractivity contribution is 0.102. The van der Waals surface area contributed by atoms with Gasteiger partial charge in [0.05, 0.1) is 17.2 Å². The molecule has 2 aromatic rings. The Morgan fingerprint density at radius 2 is 2.14 bits per heavy atom. The van der Waals surface area contributed by atoms with Crippen molar-refractivity contribution in [3.63, 3.8) is 0 Å². The van der Waals surface area contributed by atoms with Gasteiger partial charge in [0.2, 0.25) is 5.78 Å². The van der Waals surface area contributed by atoms with Crippen molar-refractivity contribution in [2.75, 3.05) is 20.6 Å². The molecule has 0 unspecified atom stereocenters. The minimum atomic E-state index is -0.313. The number of nitrogens with zero attached hydrogens (tertiary/aromatic N) is 3. The van der Waals surface area contributed by atoms with Gasteiger partial charge in [0.1, 0.15) is 11.5 Å². The molecule has 0 bridgehead atoms. The van der Waals surface area contributed by atoms with E-state index in [1.54, 1.807) is 23.9 Å². The zero-order chi connectivity index (χ0) is 15.6. The van der Waals surface area contributed by atoms with Crippen LogP contribution in [0, 0.1) is 12.7 Å². The van der Waals surface area contributed by atoms with Gasteiger partial charge >= 0.3 is 0 Å². The molecule has 0 radical (unpaired) electrons. The fourth-order valence-corrected chi connectivity index (χ4v) is 2.45. The van der Waals surface area contributed by atoms with E-state index in [0.29, 0.717) is 27.8 Å². The number of hydrogen-bond donors (Lipinski definition) is 0. The molecule has 21 heavy (non-hydrogen) atoms. The second-order valence-corrected chi connectivity index (χ2v) is 6.01. The summed E-state index contributed by atoms with van der Waals surface area (Å²) in [6.07, 6.45) is 1.61. The van der Waals surface area contributed by atoms with E-state index in [4.69, 9.17) is 0 Å². The Morgan fingerprint density at radius 1 is 1.43 bits per heavy atom. The Labute approximate surface area is 131 Å². The molecule has 2 rings (SSSR count). The van der Waals surface area contributed by atoms with Crippen molar-refractivity contribution < 1.29 is 9.18 Å². The summed E-state index contributed by atoms with van der Waals surface area (Å²) in [6, 6.07) is 4.38. The summed E-state index contributed by atoms with van der Waals surface area (Å²) in [4.78, 5) is 14.7. The summed E-state index contributed by atoms with van der Waals surface area (Å²) in [6.45, 7) is 3.03. The normalized spacial score (nSPS) is 11.1. The minimum absolute atomic E-state index is 0.166. The van der Waals surface area contributed by atoms with Gasteiger partial charge in [-0.05, 0) is 60.7 Å². The molecule has 0 spiro atoms. The fourth-order valence-electron chi connectivity index (χ4n) is 1.98. The first-order valence-electron chi connectivity index (χ1n) is 6.57. The predicted molar refractivity (Wildman–Crippen MR) is 83.1 cm³/mol. The molecule has 0 saturated carbocycles. The number of rotatable bonds is 5. The van der Waals surface area contributed by atoms with E-state index in [1.807, 2.05) is 19.0 Å². The molecule has 1 heterocycles. The van der Waals surface area contributed by atoms with Crippen LogP contribution in [0.5, 0.6) is 0 Å². The topological polar surface area (TPSA) is 38.1 Å². The molecule has 1 aromatic heterocycles. The van der Waals surface area contributed by atoms with E-state index < -0.39 is 0 Å². The number of hydrogen-bond acceptors (Lipinski definition) is 3. The third-order valence-corrected chi connectivity index (χ3v) is 3.77. The second-order valence-electron chi connectivity index (χ2n) is 5.16. The SMILES string of the molecule is Cc1cc(C(=O)c2c(Br)cnn2CCN(C)C)ccc1F. The van der Waals surface area contributed by atoms with Crippen LogP contribution in [0.25, 0.3) is 0 Å². The van der Waals surface area contributed by atoms with Crippen molar-refractivity contribution in [2.24, 2.45) is 0 Å². The van der Waals surface area contributed by atoms with Crippen LogP contribution < -0.4 is 0 Å². The summed E-state index contributed by atoms with van der Waals surface area (Å²) < 4.78 is 15.6. The molecule has 0 aliphatic heterocycles. The number of halogens is 2. The zero-order valence-electron chi connectivity index (χ0n) is 12.2. The lowest BCUT2D eigenvalue weighted by atomic mass is 10.1. The van der Waals surface area contributed by atoms with E-state index in [-0.39, 0.29) is 11.6 Å². The highest BCUT2D eigenvalue weighted by Crippen LogP contribution is 2.21. The van der Waals surface area contributed by atoms with E-state index in [0.717, 1.165) is 6.54 Å². The molecule has 0 aliphatic carbocycles. The highest BCUT2D eigenvalue weighted by atomic mass is 79.9. The maximum Gasteiger partial charge on any atom is 0.212 e. The fraction of sp³-hybridized carbons (Fsp3) is 0.333. The maximum absolute atomic E-state index is 13.3. The second kappa shape index (κ2) is 6.49. The number of ketones is 1. The van der Waals surface area contributed by atoms with E-state index in [1.165, 1.54) is 12.1 Å². The molecule has 0 aliphatic rings. The van der Waals surface area contributed by atoms with Crippen molar-refractivity contribution in [1.29, 1.82) is 0 Å². The van der Waals surface area contributed by atoms with Crippen molar-refractivity contribution in [3.05, 3.63) is 51.5 Å². The molecule has 1 aromatic carbocycles. The van der Waals surface area contributed by atoms with Crippen LogP contribution in [0.15, 0.2) is 28.9 Å². The monoisotopic (exact) mass is 353 g/mol.